The first-order valence-corrected chi connectivity index (χ1v) is 8.30. The van der Waals surface area contributed by atoms with Crippen molar-refractivity contribution in [3.05, 3.63) is 95.6 Å². The Morgan fingerprint density at radius 3 is 1.79 bits per heavy atom. The van der Waals surface area contributed by atoms with Crippen LogP contribution in [0.4, 0.5) is 0 Å². The monoisotopic (exact) mass is 316 g/mol. The Kier molecular flexibility index (Phi) is 3.73. The fraction of sp³-hybridized carbons (Fsp3) is 0.182. The van der Waals surface area contributed by atoms with E-state index >= 15 is 0 Å². The Balaban J connectivity index is 1.78. The highest BCUT2D eigenvalue weighted by Gasteiger charge is 2.32. The molecule has 0 saturated carbocycles. The Labute approximate surface area is 142 Å². The highest BCUT2D eigenvalue weighted by atomic mass is 16.7. The van der Waals surface area contributed by atoms with Crippen molar-refractivity contribution in [2.45, 2.75) is 25.6 Å². The molecule has 0 aromatic heterocycles. The van der Waals surface area contributed by atoms with Crippen LogP contribution in [0.25, 0.3) is 0 Å². The third kappa shape index (κ3) is 3.00. The molecule has 0 radical (unpaired) electrons. The van der Waals surface area contributed by atoms with Gasteiger partial charge < -0.3 is 9.47 Å². The molecule has 1 aliphatic rings. The number of rotatable bonds is 2. The molecule has 3 aromatic carbocycles. The van der Waals surface area contributed by atoms with Gasteiger partial charge in [0.1, 0.15) is 11.5 Å². The third-order valence-corrected chi connectivity index (χ3v) is 4.35. The van der Waals surface area contributed by atoms with Crippen LogP contribution in [-0.4, -0.2) is 5.79 Å². The molecule has 0 unspecified atom stereocenters. The lowest BCUT2D eigenvalue weighted by atomic mass is 10.0. The van der Waals surface area contributed by atoms with Crippen molar-refractivity contribution in [1.82, 2.24) is 0 Å². The number of fused-ring (bicyclic) bond motifs is 2. The second-order valence-electron chi connectivity index (χ2n) is 6.39. The van der Waals surface area contributed by atoms with Crippen LogP contribution in [0.5, 0.6) is 11.5 Å². The number of ether oxygens (including phenoxy) is 2. The zero-order valence-electron chi connectivity index (χ0n) is 13.7. The maximum atomic E-state index is 6.36. The molecular weight excluding hydrogens is 296 g/mol. The molecule has 0 spiro atoms. The molecule has 1 aliphatic heterocycles. The second-order valence-corrected chi connectivity index (χ2v) is 6.39. The van der Waals surface area contributed by atoms with Crippen LogP contribution in [0, 0.1) is 0 Å². The summed E-state index contributed by atoms with van der Waals surface area (Å²) in [7, 11) is 0. The fourth-order valence-corrected chi connectivity index (χ4v) is 3.23. The van der Waals surface area contributed by atoms with E-state index in [0.717, 1.165) is 17.9 Å². The van der Waals surface area contributed by atoms with E-state index in [1.165, 1.54) is 16.7 Å². The van der Waals surface area contributed by atoms with E-state index in [4.69, 9.17) is 9.47 Å². The third-order valence-electron chi connectivity index (χ3n) is 4.35. The second kappa shape index (κ2) is 6.04. The van der Waals surface area contributed by atoms with Gasteiger partial charge in [0.15, 0.2) is 0 Å². The first-order chi connectivity index (χ1) is 11.7. The summed E-state index contributed by atoms with van der Waals surface area (Å²) < 4.78 is 12.7. The van der Waals surface area contributed by atoms with Crippen molar-refractivity contribution >= 4 is 0 Å². The Hall–Kier alpha value is -2.74. The van der Waals surface area contributed by atoms with E-state index in [1.807, 2.05) is 49.4 Å². The smallest absolute Gasteiger partial charge is 0.252 e. The van der Waals surface area contributed by atoms with E-state index in [9.17, 15) is 0 Å². The van der Waals surface area contributed by atoms with Crippen molar-refractivity contribution in [3.8, 4) is 11.5 Å². The Bertz CT molecular complexity index is 792. The summed E-state index contributed by atoms with van der Waals surface area (Å²) in [5.41, 5.74) is 3.57. The minimum atomic E-state index is -0.756. The number of para-hydroxylation sites is 2. The van der Waals surface area contributed by atoms with Gasteiger partial charge in [0, 0.05) is 19.8 Å². The number of benzene rings is 3. The highest BCUT2D eigenvalue weighted by molar-refractivity contribution is 5.44. The van der Waals surface area contributed by atoms with E-state index in [2.05, 4.69) is 36.4 Å². The standard InChI is InChI=1S/C22H20O2/c1-22(16-17-9-3-2-4-10-17)23-20-13-7-5-11-18(20)15-19-12-6-8-14-21(19)24-22/h2-14H,15-16H2,1H3. The van der Waals surface area contributed by atoms with Gasteiger partial charge >= 0.3 is 0 Å². The molecule has 0 bridgehead atoms. The van der Waals surface area contributed by atoms with Gasteiger partial charge in [-0.05, 0) is 28.8 Å². The van der Waals surface area contributed by atoms with Crippen LogP contribution in [0.3, 0.4) is 0 Å². The SMILES string of the molecule is CC1(Cc2ccccc2)Oc2ccccc2Cc2ccccc2O1. The normalized spacial score (nSPS) is 15.0. The summed E-state index contributed by atoms with van der Waals surface area (Å²) in [6.45, 7) is 2.01. The average molecular weight is 316 g/mol. The van der Waals surface area contributed by atoms with Crippen LogP contribution in [0.1, 0.15) is 23.6 Å². The summed E-state index contributed by atoms with van der Waals surface area (Å²) in [4.78, 5) is 0. The van der Waals surface area contributed by atoms with Crippen LogP contribution >= 0.6 is 0 Å². The molecule has 0 saturated heterocycles. The minimum Gasteiger partial charge on any atom is -0.452 e. The van der Waals surface area contributed by atoms with Gasteiger partial charge in [-0.2, -0.15) is 0 Å². The van der Waals surface area contributed by atoms with Gasteiger partial charge in [0.05, 0.1) is 0 Å². The molecule has 3 aromatic rings. The lowest BCUT2D eigenvalue weighted by Gasteiger charge is -2.35. The van der Waals surface area contributed by atoms with Crippen LogP contribution < -0.4 is 9.47 Å². The van der Waals surface area contributed by atoms with E-state index in [0.29, 0.717) is 6.42 Å². The largest absolute Gasteiger partial charge is 0.452 e. The van der Waals surface area contributed by atoms with Crippen molar-refractivity contribution in [3.63, 3.8) is 0 Å². The molecule has 2 heteroatoms. The maximum Gasteiger partial charge on any atom is 0.252 e. The fourth-order valence-electron chi connectivity index (χ4n) is 3.23. The van der Waals surface area contributed by atoms with Gasteiger partial charge in [-0.25, -0.2) is 0 Å². The molecule has 0 atom stereocenters. The van der Waals surface area contributed by atoms with Crippen LogP contribution in [-0.2, 0) is 12.8 Å². The highest BCUT2D eigenvalue weighted by Crippen LogP contribution is 2.35. The zero-order chi connectivity index (χ0) is 16.4. The van der Waals surface area contributed by atoms with Crippen LogP contribution in [0.15, 0.2) is 78.9 Å². The summed E-state index contributed by atoms with van der Waals surface area (Å²) >= 11 is 0. The quantitative estimate of drug-likeness (QED) is 0.662. The van der Waals surface area contributed by atoms with Crippen molar-refractivity contribution in [1.29, 1.82) is 0 Å². The summed E-state index contributed by atoms with van der Waals surface area (Å²) in [6, 6.07) is 26.8. The summed E-state index contributed by atoms with van der Waals surface area (Å²) in [5, 5.41) is 0. The zero-order valence-corrected chi connectivity index (χ0v) is 13.7. The van der Waals surface area contributed by atoms with Crippen molar-refractivity contribution < 1.29 is 9.47 Å². The first-order valence-electron chi connectivity index (χ1n) is 8.30. The van der Waals surface area contributed by atoms with Crippen molar-refractivity contribution in [2.75, 3.05) is 0 Å². The Morgan fingerprint density at radius 1 is 0.708 bits per heavy atom. The molecule has 2 nitrogen and oxygen atoms in total. The Morgan fingerprint density at radius 2 is 1.21 bits per heavy atom. The lowest BCUT2D eigenvalue weighted by molar-refractivity contribution is -0.0989. The average Bonchev–Trinajstić information content (AvgIpc) is 2.57. The van der Waals surface area contributed by atoms with Gasteiger partial charge in [-0.3, -0.25) is 0 Å². The molecule has 4 rings (SSSR count). The van der Waals surface area contributed by atoms with E-state index in [1.54, 1.807) is 0 Å². The van der Waals surface area contributed by atoms with Gasteiger partial charge in [-0.1, -0.05) is 66.7 Å². The van der Waals surface area contributed by atoms with Crippen molar-refractivity contribution in [2.24, 2.45) is 0 Å². The molecule has 120 valence electrons. The molecule has 0 amide bonds. The first kappa shape index (κ1) is 14.8. The van der Waals surface area contributed by atoms with E-state index in [-0.39, 0.29) is 0 Å². The molecule has 1 heterocycles. The topological polar surface area (TPSA) is 18.5 Å². The molecule has 24 heavy (non-hydrogen) atoms. The predicted molar refractivity (Wildman–Crippen MR) is 95.5 cm³/mol. The van der Waals surface area contributed by atoms with Crippen LogP contribution in [0.2, 0.25) is 0 Å². The molecule has 0 fully saturated rings. The molecular formula is C22H20O2. The summed E-state index contributed by atoms with van der Waals surface area (Å²) in [6.07, 6.45) is 1.49. The molecule has 0 N–H and O–H groups in total. The lowest BCUT2D eigenvalue weighted by Crippen LogP contribution is -2.42. The van der Waals surface area contributed by atoms with Gasteiger partial charge in [-0.15, -0.1) is 0 Å². The van der Waals surface area contributed by atoms with Gasteiger partial charge in [0.2, 0.25) is 0 Å². The maximum absolute atomic E-state index is 6.36. The molecule has 0 aliphatic carbocycles. The van der Waals surface area contributed by atoms with E-state index < -0.39 is 5.79 Å². The minimum absolute atomic E-state index is 0.677. The predicted octanol–water partition coefficient (Wildman–Crippen LogP) is 5.01. The van der Waals surface area contributed by atoms with Gasteiger partial charge in [0.25, 0.3) is 5.79 Å². The number of hydrogen-bond acceptors (Lipinski definition) is 2. The summed E-state index contributed by atoms with van der Waals surface area (Å²) in [5.74, 6) is 1.03. The number of hydrogen-bond donors (Lipinski definition) is 0.